The van der Waals surface area contributed by atoms with Crippen molar-refractivity contribution >= 4 is 11.8 Å². The molecule has 1 aliphatic heterocycles. The Kier molecular flexibility index (Phi) is 2.74. The number of amides is 2. The zero-order valence-electron chi connectivity index (χ0n) is 8.99. The lowest BCUT2D eigenvalue weighted by Crippen LogP contribution is -2.29. The summed E-state index contributed by atoms with van der Waals surface area (Å²) in [6.07, 6.45) is 0.725. The first-order valence-corrected chi connectivity index (χ1v) is 5.16. The Morgan fingerprint density at radius 2 is 1.62 bits per heavy atom. The lowest BCUT2D eigenvalue weighted by atomic mass is 10.1. The van der Waals surface area contributed by atoms with Crippen molar-refractivity contribution in [2.75, 3.05) is 6.54 Å². The van der Waals surface area contributed by atoms with Crippen molar-refractivity contribution in [1.82, 2.24) is 4.90 Å². The highest BCUT2D eigenvalue weighted by atomic mass is 16.2. The Morgan fingerprint density at radius 1 is 1.06 bits per heavy atom. The molecule has 0 spiro atoms. The first-order valence-electron chi connectivity index (χ1n) is 5.16. The van der Waals surface area contributed by atoms with Crippen LogP contribution in [0.2, 0.25) is 0 Å². The van der Waals surface area contributed by atoms with E-state index in [1.54, 1.807) is 24.3 Å². The molecule has 1 aromatic rings. The minimum Gasteiger partial charge on any atom is -0.269 e. The Bertz CT molecular complexity index is 473. The number of fused-ring (bicyclic) bond motifs is 1. The number of carbonyl (C=O) groups is 2. The van der Waals surface area contributed by atoms with Gasteiger partial charge in [-0.1, -0.05) is 25.0 Å². The van der Waals surface area contributed by atoms with Crippen molar-refractivity contribution in [2.45, 2.75) is 13.3 Å². The van der Waals surface area contributed by atoms with E-state index in [-0.39, 0.29) is 18.4 Å². The molecule has 0 bridgehead atoms. The van der Waals surface area contributed by atoms with Crippen LogP contribution in [0.25, 0.3) is 0 Å². The van der Waals surface area contributed by atoms with E-state index in [0.29, 0.717) is 11.1 Å². The number of imide groups is 1. The van der Waals surface area contributed by atoms with Gasteiger partial charge in [-0.3, -0.25) is 14.5 Å². The van der Waals surface area contributed by atoms with E-state index in [1.165, 1.54) is 4.90 Å². The van der Waals surface area contributed by atoms with Gasteiger partial charge in [0.15, 0.2) is 0 Å². The maximum atomic E-state index is 11.8. The largest absolute Gasteiger partial charge is 0.269 e. The summed E-state index contributed by atoms with van der Waals surface area (Å²) in [6, 6.07) is 6.85. The average Bonchev–Trinajstić information content (AvgIpc) is 2.55. The van der Waals surface area contributed by atoms with Crippen molar-refractivity contribution in [3.05, 3.63) is 35.4 Å². The molecule has 0 saturated heterocycles. The van der Waals surface area contributed by atoms with Crippen molar-refractivity contribution in [3.63, 3.8) is 0 Å². The molecule has 0 atom stereocenters. The van der Waals surface area contributed by atoms with Gasteiger partial charge in [-0.25, -0.2) is 0 Å². The molecule has 1 aromatic carbocycles. The molecule has 2 amide bonds. The van der Waals surface area contributed by atoms with Gasteiger partial charge in [-0.05, 0) is 12.1 Å². The van der Waals surface area contributed by atoms with Crippen LogP contribution in [0.3, 0.4) is 0 Å². The summed E-state index contributed by atoms with van der Waals surface area (Å²) in [4.78, 5) is 24.9. The van der Waals surface area contributed by atoms with Crippen molar-refractivity contribution in [1.29, 1.82) is 0 Å². The summed E-state index contributed by atoms with van der Waals surface area (Å²) in [5.74, 6) is 5.16. The third-order valence-corrected chi connectivity index (χ3v) is 2.42. The molecule has 2 rings (SSSR count). The number of hydrogen-bond acceptors (Lipinski definition) is 2. The molecule has 0 fully saturated rings. The van der Waals surface area contributed by atoms with Crippen LogP contribution in [-0.2, 0) is 0 Å². The van der Waals surface area contributed by atoms with E-state index >= 15 is 0 Å². The summed E-state index contributed by atoms with van der Waals surface area (Å²) in [7, 11) is 0. The quantitative estimate of drug-likeness (QED) is 0.526. The maximum absolute atomic E-state index is 11.8. The van der Waals surface area contributed by atoms with Gasteiger partial charge in [-0.2, -0.15) is 0 Å². The number of nitrogens with zero attached hydrogens (tertiary/aromatic N) is 1. The molecule has 1 aliphatic rings. The monoisotopic (exact) mass is 213 g/mol. The zero-order chi connectivity index (χ0) is 11.5. The van der Waals surface area contributed by atoms with Gasteiger partial charge in [0.2, 0.25) is 0 Å². The molecule has 80 valence electrons. The molecule has 0 aliphatic carbocycles. The van der Waals surface area contributed by atoms with Gasteiger partial charge in [0.05, 0.1) is 17.7 Å². The van der Waals surface area contributed by atoms with Gasteiger partial charge in [0, 0.05) is 6.42 Å². The van der Waals surface area contributed by atoms with E-state index < -0.39 is 0 Å². The van der Waals surface area contributed by atoms with Gasteiger partial charge in [0.1, 0.15) is 0 Å². The number of carbonyl (C=O) groups excluding carboxylic acids is 2. The minimum atomic E-state index is -0.244. The van der Waals surface area contributed by atoms with E-state index in [0.717, 1.165) is 6.42 Å². The Labute approximate surface area is 94.1 Å². The average molecular weight is 213 g/mol. The van der Waals surface area contributed by atoms with Crippen LogP contribution in [0, 0.1) is 11.8 Å². The maximum Gasteiger partial charge on any atom is 0.262 e. The second kappa shape index (κ2) is 4.19. The number of benzene rings is 1. The van der Waals surface area contributed by atoms with Crippen molar-refractivity contribution in [2.24, 2.45) is 0 Å². The summed E-state index contributed by atoms with van der Waals surface area (Å²) in [5, 5.41) is 0. The predicted octanol–water partition coefficient (Wildman–Crippen LogP) is 1.70. The summed E-state index contributed by atoms with van der Waals surface area (Å²) in [5.41, 5.74) is 0.955. The molecule has 0 aromatic heterocycles. The summed E-state index contributed by atoms with van der Waals surface area (Å²) < 4.78 is 0. The molecule has 0 saturated carbocycles. The Morgan fingerprint density at radius 3 is 2.12 bits per heavy atom. The number of rotatable bonds is 1. The van der Waals surface area contributed by atoms with Gasteiger partial charge in [-0.15, -0.1) is 5.92 Å². The lowest BCUT2D eigenvalue weighted by Gasteiger charge is -2.08. The highest BCUT2D eigenvalue weighted by Gasteiger charge is 2.34. The van der Waals surface area contributed by atoms with E-state index in [1.807, 2.05) is 6.92 Å². The third-order valence-electron chi connectivity index (χ3n) is 2.42. The fourth-order valence-electron chi connectivity index (χ4n) is 1.64. The van der Waals surface area contributed by atoms with Crippen LogP contribution in [0.4, 0.5) is 0 Å². The molecule has 3 heteroatoms. The molecular weight excluding hydrogens is 202 g/mol. The second-order valence-electron chi connectivity index (χ2n) is 3.45. The van der Waals surface area contributed by atoms with Gasteiger partial charge >= 0.3 is 0 Å². The molecule has 0 unspecified atom stereocenters. The van der Waals surface area contributed by atoms with E-state index in [2.05, 4.69) is 11.8 Å². The SMILES string of the molecule is CCC#CCN1C(=O)c2ccccc2C1=O. The highest BCUT2D eigenvalue weighted by molar-refractivity contribution is 6.21. The standard InChI is InChI=1S/C13H11NO2/c1-2-3-6-9-14-12(15)10-7-4-5-8-11(10)13(14)16/h4-5,7-8H,2,9H2,1H3. The first kappa shape index (κ1) is 10.4. The molecule has 0 radical (unpaired) electrons. The van der Waals surface area contributed by atoms with Crippen LogP contribution in [0.15, 0.2) is 24.3 Å². The lowest BCUT2D eigenvalue weighted by molar-refractivity contribution is 0.0675. The predicted molar refractivity (Wildman–Crippen MR) is 59.9 cm³/mol. The number of hydrogen-bond donors (Lipinski definition) is 0. The normalized spacial score (nSPS) is 13.4. The minimum absolute atomic E-state index is 0.181. The van der Waals surface area contributed by atoms with Crippen molar-refractivity contribution in [3.8, 4) is 11.8 Å². The topological polar surface area (TPSA) is 37.4 Å². The smallest absolute Gasteiger partial charge is 0.262 e. The zero-order valence-corrected chi connectivity index (χ0v) is 8.99. The molecular formula is C13H11NO2. The Balaban J connectivity index is 2.28. The molecule has 3 nitrogen and oxygen atoms in total. The fraction of sp³-hybridized carbons (Fsp3) is 0.231. The Hall–Kier alpha value is -2.08. The van der Waals surface area contributed by atoms with Crippen LogP contribution in [-0.4, -0.2) is 23.3 Å². The van der Waals surface area contributed by atoms with Crippen LogP contribution in [0.5, 0.6) is 0 Å². The summed E-state index contributed by atoms with van der Waals surface area (Å²) >= 11 is 0. The third kappa shape index (κ3) is 1.59. The first-order chi connectivity index (χ1) is 7.75. The van der Waals surface area contributed by atoms with Crippen LogP contribution in [0.1, 0.15) is 34.1 Å². The second-order valence-corrected chi connectivity index (χ2v) is 3.45. The molecule has 1 heterocycles. The van der Waals surface area contributed by atoms with Crippen LogP contribution >= 0.6 is 0 Å². The highest BCUT2D eigenvalue weighted by Crippen LogP contribution is 2.21. The van der Waals surface area contributed by atoms with Crippen molar-refractivity contribution < 1.29 is 9.59 Å². The van der Waals surface area contributed by atoms with Crippen LogP contribution < -0.4 is 0 Å². The summed E-state index contributed by atoms with van der Waals surface area (Å²) in [6.45, 7) is 2.11. The van der Waals surface area contributed by atoms with Gasteiger partial charge in [0.25, 0.3) is 11.8 Å². The van der Waals surface area contributed by atoms with E-state index in [4.69, 9.17) is 0 Å². The van der Waals surface area contributed by atoms with E-state index in [9.17, 15) is 9.59 Å². The van der Waals surface area contributed by atoms with Gasteiger partial charge < -0.3 is 0 Å². The molecule has 16 heavy (non-hydrogen) atoms. The fourth-order valence-corrected chi connectivity index (χ4v) is 1.64. The molecule has 0 N–H and O–H groups in total.